The number of rotatable bonds is 10. The van der Waals surface area contributed by atoms with Crippen molar-refractivity contribution in [3.8, 4) is 17.2 Å². The van der Waals surface area contributed by atoms with E-state index in [1.165, 1.54) is 5.56 Å². The minimum Gasteiger partial charge on any atom is -0.493 e. The Hall–Kier alpha value is -4.24. The number of aromatic nitrogens is 2. The van der Waals surface area contributed by atoms with E-state index < -0.39 is 0 Å². The Bertz CT molecular complexity index is 1490. The summed E-state index contributed by atoms with van der Waals surface area (Å²) >= 11 is 0. The standard InChI is InChI=1S/C34H41N5O4/c1-41-29-21-24(22-30(42-2)31(29)43-3)32(40)39-20-16-34(23-39,25-9-5-4-6-10-25)15-19-38-17-13-26(14-18-38)35-33-36-27-11-7-8-12-28(27)37-33/h4-12,21-22,26H,13-20,23H2,1-3H3,(H2,35,36,37). The lowest BCUT2D eigenvalue weighted by Gasteiger charge is -2.36. The number of likely N-dealkylation sites (tertiary alicyclic amines) is 2. The van der Waals surface area contributed by atoms with Gasteiger partial charge in [-0.2, -0.15) is 0 Å². The van der Waals surface area contributed by atoms with Crippen molar-refractivity contribution < 1.29 is 19.0 Å². The molecule has 0 saturated carbocycles. The molecule has 1 amide bonds. The number of hydrogen-bond acceptors (Lipinski definition) is 7. The number of carbonyl (C=O) groups excluding carboxylic acids is 1. The topological polar surface area (TPSA) is 92.0 Å². The van der Waals surface area contributed by atoms with E-state index in [0.29, 0.717) is 41.9 Å². The van der Waals surface area contributed by atoms with Gasteiger partial charge in [-0.15, -0.1) is 0 Å². The number of imidazole rings is 1. The maximum Gasteiger partial charge on any atom is 0.254 e. The first-order valence-corrected chi connectivity index (χ1v) is 15.1. The van der Waals surface area contributed by atoms with Gasteiger partial charge in [0.25, 0.3) is 5.91 Å². The van der Waals surface area contributed by atoms with E-state index in [-0.39, 0.29) is 11.3 Å². The predicted molar refractivity (Wildman–Crippen MR) is 169 cm³/mol. The lowest BCUT2D eigenvalue weighted by molar-refractivity contribution is 0.0779. The third-order valence-corrected chi connectivity index (χ3v) is 9.16. The van der Waals surface area contributed by atoms with Crippen LogP contribution in [0.3, 0.4) is 0 Å². The van der Waals surface area contributed by atoms with Gasteiger partial charge >= 0.3 is 0 Å². The van der Waals surface area contributed by atoms with Crippen molar-refractivity contribution in [2.75, 3.05) is 59.4 Å². The predicted octanol–water partition coefficient (Wildman–Crippen LogP) is 5.34. The number of methoxy groups -OCH3 is 3. The van der Waals surface area contributed by atoms with Crippen LogP contribution >= 0.6 is 0 Å². The number of benzene rings is 3. The molecule has 2 N–H and O–H groups in total. The molecule has 0 spiro atoms. The Morgan fingerprint density at radius 2 is 1.65 bits per heavy atom. The first-order chi connectivity index (χ1) is 21.0. The van der Waals surface area contributed by atoms with Crippen molar-refractivity contribution >= 4 is 22.9 Å². The van der Waals surface area contributed by atoms with Crippen LogP contribution in [0, 0.1) is 0 Å². The number of nitrogens with one attached hydrogen (secondary N) is 2. The van der Waals surface area contributed by atoms with Crippen LogP contribution in [-0.2, 0) is 5.41 Å². The van der Waals surface area contributed by atoms with Gasteiger partial charge < -0.3 is 34.3 Å². The molecule has 4 aromatic rings. The van der Waals surface area contributed by atoms with Gasteiger partial charge in [-0.05, 0) is 62.1 Å². The van der Waals surface area contributed by atoms with Gasteiger partial charge in [0.05, 0.1) is 32.4 Å². The van der Waals surface area contributed by atoms with Gasteiger partial charge in [-0.1, -0.05) is 42.5 Å². The van der Waals surface area contributed by atoms with Crippen molar-refractivity contribution in [1.82, 2.24) is 19.8 Å². The minimum absolute atomic E-state index is 0.0189. The normalized spacial score (nSPS) is 19.5. The molecule has 1 atom stereocenters. The number of para-hydroxylation sites is 2. The molecule has 2 aliphatic heterocycles. The molecule has 2 aliphatic rings. The number of carbonyl (C=O) groups is 1. The maximum atomic E-state index is 13.8. The van der Waals surface area contributed by atoms with Crippen molar-refractivity contribution in [1.29, 1.82) is 0 Å². The Morgan fingerprint density at radius 3 is 2.33 bits per heavy atom. The molecule has 226 valence electrons. The zero-order valence-corrected chi connectivity index (χ0v) is 25.3. The van der Waals surface area contributed by atoms with Crippen LogP contribution in [0.25, 0.3) is 11.0 Å². The highest BCUT2D eigenvalue weighted by Gasteiger charge is 2.42. The first-order valence-electron chi connectivity index (χ1n) is 15.1. The van der Waals surface area contributed by atoms with E-state index in [1.54, 1.807) is 33.5 Å². The summed E-state index contributed by atoms with van der Waals surface area (Å²) in [6.07, 6.45) is 4.07. The molecule has 0 bridgehead atoms. The highest BCUT2D eigenvalue weighted by atomic mass is 16.5. The summed E-state index contributed by atoms with van der Waals surface area (Å²) in [6.45, 7) is 4.45. The fourth-order valence-electron chi connectivity index (χ4n) is 6.70. The zero-order valence-electron chi connectivity index (χ0n) is 25.3. The molecule has 2 saturated heterocycles. The molecule has 0 aliphatic carbocycles. The number of amides is 1. The third kappa shape index (κ3) is 5.99. The molecule has 0 radical (unpaired) electrons. The molecule has 3 heterocycles. The molecule has 6 rings (SSSR count). The summed E-state index contributed by atoms with van der Waals surface area (Å²) in [6, 6.07) is 22.7. The van der Waals surface area contributed by atoms with Gasteiger partial charge in [0.2, 0.25) is 11.7 Å². The average Bonchev–Trinajstić information content (AvgIpc) is 3.68. The molecular formula is C34H41N5O4. The number of aromatic amines is 1. The summed E-state index contributed by atoms with van der Waals surface area (Å²) in [4.78, 5) is 26.4. The molecule has 9 heteroatoms. The van der Waals surface area contributed by atoms with Crippen molar-refractivity contribution in [2.24, 2.45) is 0 Å². The fraction of sp³-hybridized carbons (Fsp3) is 0.412. The Balaban J connectivity index is 1.11. The van der Waals surface area contributed by atoms with E-state index in [2.05, 4.69) is 51.6 Å². The number of hydrogen-bond donors (Lipinski definition) is 2. The second kappa shape index (κ2) is 12.6. The molecule has 9 nitrogen and oxygen atoms in total. The molecular weight excluding hydrogens is 542 g/mol. The number of ether oxygens (including phenoxy) is 3. The quantitative estimate of drug-likeness (QED) is 0.260. The van der Waals surface area contributed by atoms with Gasteiger partial charge in [0.1, 0.15) is 0 Å². The smallest absolute Gasteiger partial charge is 0.254 e. The van der Waals surface area contributed by atoms with Crippen molar-refractivity contribution in [2.45, 2.75) is 37.1 Å². The number of H-pyrrole nitrogens is 1. The molecule has 1 unspecified atom stereocenters. The third-order valence-electron chi connectivity index (χ3n) is 9.16. The van der Waals surface area contributed by atoms with E-state index in [1.807, 2.05) is 23.1 Å². The Morgan fingerprint density at radius 1 is 0.953 bits per heavy atom. The second-order valence-corrected chi connectivity index (χ2v) is 11.6. The van der Waals surface area contributed by atoms with Crippen LogP contribution in [0.1, 0.15) is 41.6 Å². The van der Waals surface area contributed by atoms with Crippen LogP contribution in [0.5, 0.6) is 17.2 Å². The zero-order chi connectivity index (χ0) is 29.8. The monoisotopic (exact) mass is 583 g/mol. The van der Waals surface area contributed by atoms with Crippen molar-refractivity contribution in [3.05, 3.63) is 77.9 Å². The van der Waals surface area contributed by atoms with Crippen LogP contribution in [0.2, 0.25) is 0 Å². The van der Waals surface area contributed by atoms with E-state index in [4.69, 9.17) is 19.2 Å². The molecule has 1 aromatic heterocycles. The van der Waals surface area contributed by atoms with Crippen LogP contribution in [0.4, 0.5) is 5.95 Å². The second-order valence-electron chi connectivity index (χ2n) is 11.6. The van der Waals surface area contributed by atoms with Crippen LogP contribution in [0.15, 0.2) is 66.7 Å². The highest BCUT2D eigenvalue weighted by molar-refractivity contribution is 5.96. The van der Waals surface area contributed by atoms with Gasteiger partial charge in [-0.3, -0.25) is 4.79 Å². The Labute approximate surface area is 253 Å². The minimum atomic E-state index is -0.0963. The summed E-state index contributed by atoms with van der Waals surface area (Å²) in [7, 11) is 4.70. The maximum absolute atomic E-state index is 13.8. The summed E-state index contributed by atoms with van der Waals surface area (Å²) < 4.78 is 16.5. The lowest BCUT2D eigenvalue weighted by atomic mass is 9.76. The number of anilines is 1. The largest absolute Gasteiger partial charge is 0.493 e. The van der Waals surface area contributed by atoms with E-state index >= 15 is 0 Å². The fourth-order valence-corrected chi connectivity index (χ4v) is 6.70. The summed E-state index contributed by atoms with van der Waals surface area (Å²) in [5.74, 6) is 2.28. The van der Waals surface area contributed by atoms with Crippen LogP contribution in [-0.4, -0.2) is 85.8 Å². The average molecular weight is 584 g/mol. The SMILES string of the molecule is COc1cc(C(=O)N2CCC(CCN3CCC(Nc4nc5ccccc5[nH]4)CC3)(c3ccccc3)C2)cc(OC)c1OC. The summed E-state index contributed by atoms with van der Waals surface area (Å²) in [5.41, 5.74) is 3.79. The summed E-state index contributed by atoms with van der Waals surface area (Å²) in [5, 5.41) is 3.62. The number of nitrogens with zero attached hydrogens (tertiary/aromatic N) is 3. The van der Waals surface area contributed by atoms with Crippen LogP contribution < -0.4 is 19.5 Å². The molecule has 2 fully saturated rings. The van der Waals surface area contributed by atoms with Crippen molar-refractivity contribution in [3.63, 3.8) is 0 Å². The molecule has 3 aromatic carbocycles. The number of fused-ring (bicyclic) bond motifs is 1. The van der Waals surface area contributed by atoms with Gasteiger partial charge in [0, 0.05) is 43.2 Å². The van der Waals surface area contributed by atoms with E-state index in [9.17, 15) is 4.79 Å². The van der Waals surface area contributed by atoms with E-state index in [0.717, 1.165) is 62.3 Å². The lowest BCUT2D eigenvalue weighted by Crippen LogP contribution is -2.42. The Kier molecular flexibility index (Phi) is 8.42. The molecule has 43 heavy (non-hydrogen) atoms. The number of piperidine rings is 1. The van der Waals surface area contributed by atoms with Gasteiger partial charge in [0.15, 0.2) is 11.5 Å². The highest BCUT2D eigenvalue weighted by Crippen LogP contribution is 2.41. The first kappa shape index (κ1) is 28.9. The van der Waals surface area contributed by atoms with Gasteiger partial charge in [-0.25, -0.2) is 4.98 Å².